The number of esters is 1. The largest absolute Gasteiger partial charge is 0.459 e. The summed E-state index contributed by atoms with van der Waals surface area (Å²) >= 11 is 6.25. The number of halogens is 4. The summed E-state index contributed by atoms with van der Waals surface area (Å²) in [6.07, 6.45) is -3.28. The Labute approximate surface area is 181 Å². The van der Waals surface area contributed by atoms with Gasteiger partial charge in [0.05, 0.1) is 5.52 Å². The van der Waals surface area contributed by atoms with Gasteiger partial charge in [-0.1, -0.05) is 17.7 Å². The maximum Gasteiger partial charge on any atom is 0.433 e. The van der Waals surface area contributed by atoms with E-state index in [0.717, 1.165) is 12.1 Å². The molecule has 0 saturated carbocycles. The first-order valence-electron chi connectivity index (χ1n) is 9.27. The van der Waals surface area contributed by atoms with Gasteiger partial charge in [-0.3, -0.25) is 14.3 Å². The Kier molecular flexibility index (Phi) is 6.09. The summed E-state index contributed by atoms with van der Waals surface area (Å²) in [6, 6.07) is 6.30. The van der Waals surface area contributed by atoms with E-state index in [0.29, 0.717) is 16.5 Å². The second-order valence-corrected chi connectivity index (χ2v) is 8.33. The van der Waals surface area contributed by atoms with Gasteiger partial charge in [0.15, 0.2) is 5.78 Å². The van der Waals surface area contributed by atoms with Gasteiger partial charge >= 0.3 is 12.1 Å². The molecule has 31 heavy (non-hydrogen) atoms. The van der Waals surface area contributed by atoms with Crippen LogP contribution in [0.5, 0.6) is 0 Å². The van der Waals surface area contributed by atoms with Gasteiger partial charge in [0.2, 0.25) is 0 Å². The molecule has 0 aliphatic carbocycles. The third-order valence-electron chi connectivity index (χ3n) is 4.11. The first kappa shape index (κ1) is 22.7. The number of hydrogen-bond acceptors (Lipinski definition) is 5. The van der Waals surface area contributed by atoms with Crippen molar-refractivity contribution in [2.75, 3.05) is 0 Å². The lowest BCUT2D eigenvalue weighted by Gasteiger charge is -2.19. The number of ether oxygens (including phenoxy) is 1. The molecule has 0 aliphatic heterocycles. The summed E-state index contributed by atoms with van der Waals surface area (Å²) in [5.74, 6) is -1.06. The van der Waals surface area contributed by atoms with Crippen LogP contribution in [0.3, 0.4) is 0 Å². The van der Waals surface area contributed by atoms with Gasteiger partial charge in [-0.05, 0) is 50.6 Å². The first-order valence-corrected chi connectivity index (χ1v) is 9.64. The molecule has 3 rings (SSSR count). The monoisotopic (exact) mass is 453 g/mol. The van der Waals surface area contributed by atoms with Crippen LogP contribution in [-0.4, -0.2) is 32.1 Å². The summed E-state index contributed by atoms with van der Waals surface area (Å²) in [5, 5.41) is 5.12. The molecule has 0 aliphatic rings. The van der Waals surface area contributed by atoms with Crippen molar-refractivity contribution in [1.82, 2.24) is 14.8 Å². The zero-order valence-electron chi connectivity index (χ0n) is 17.0. The van der Waals surface area contributed by atoms with Crippen LogP contribution in [0.4, 0.5) is 13.2 Å². The van der Waals surface area contributed by atoms with Crippen LogP contribution in [0.1, 0.15) is 42.5 Å². The number of hydrogen-bond donors (Lipinski definition) is 0. The molecule has 0 saturated heterocycles. The van der Waals surface area contributed by atoms with Crippen molar-refractivity contribution < 1.29 is 27.5 Å². The van der Waals surface area contributed by atoms with Crippen LogP contribution in [0.15, 0.2) is 36.5 Å². The number of nitrogens with zero attached hydrogens (tertiary/aromatic N) is 3. The molecular formula is C21H19ClF3N3O3. The van der Waals surface area contributed by atoms with Gasteiger partial charge < -0.3 is 4.74 Å². The minimum Gasteiger partial charge on any atom is -0.459 e. The normalized spacial score (nSPS) is 12.2. The van der Waals surface area contributed by atoms with Crippen LogP contribution in [0.2, 0.25) is 5.02 Å². The molecule has 2 heterocycles. The number of alkyl halides is 3. The van der Waals surface area contributed by atoms with Crippen LogP contribution in [0, 0.1) is 0 Å². The number of aromatic nitrogens is 3. The fraction of sp³-hybridized carbons (Fsp3) is 0.333. The van der Waals surface area contributed by atoms with E-state index in [2.05, 4.69) is 10.1 Å². The highest BCUT2D eigenvalue weighted by atomic mass is 35.5. The number of Topliss-reactive ketones (excluding diaryl/α,β-unsaturated/α-hetero) is 1. The van der Waals surface area contributed by atoms with Gasteiger partial charge in [0.25, 0.3) is 0 Å². The molecule has 2 aromatic heterocycles. The zero-order valence-corrected chi connectivity index (χ0v) is 17.7. The summed E-state index contributed by atoms with van der Waals surface area (Å²) < 4.78 is 45.2. The number of benzene rings is 1. The van der Waals surface area contributed by atoms with Gasteiger partial charge in [-0.25, -0.2) is 4.98 Å². The molecular weight excluding hydrogens is 435 g/mol. The number of pyridine rings is 1. The van der Waals surface area contributed by atoms with Crippen molar-refractivity contribution in [2.24, 2.45) is 0 Å². The predicted molar refractivity (Wildman–Crippen MR) is 108 cm³/mol. The maximum atomic E-state index is 12.8. The van der Waals surface area contributed by atoms with E-state index in [1.165, 1.54) is 16.8 Å². The van der Waals surface area contributed by atoms with Gasteiger partial charge in [0.1, 0.15) is 23.5 Å². The molecule has 1 aromatic carbocycles. The second-order valence-electron chi connectivity index (χ2n) is 7.92. The average Bonchev–Trinajstić information content (AvgIpc) is 3.00. The Hall–Kier alpha value is -2.94. The van der Waals surface area contributed by atoms with E-state index in [1.807, 2.05) is 0 Å². The number of carbonyl (C=O) groups is 2. The summed E-state index contributed by atoms with van der Waals surface area (Å²) in [4.78, 5) is 27.9. The fourth-order valence-electron chi connectivity index (χ4n) is 2.88. The number of carbonyl (C=O) groups excluding carboxylic acids is 2. The summed E-state index contributed by atoms with van der Waals surface area (Å²) in [6.45, 7) is 5.17. The van der Waals surface area contributed by atoms with E-state index >= 15 is 0 Å². The minimum absolute atomic E-state index is 0.105. The van der Waals surface area contributed by atoms with E-state index in [-0.39, 0.29) is 23.7 Å². The molecule has 0 radical (unpaired) electrons. The highest BCUT2D eigenvalue weighted by molar-refractivity contribution is 6.32. The Morgan fingerprint density at radius 2 is 1.87 bits per heavy atom. The average molecular weight is 454 g/mol. The lowest BCUT2D eigenvalue weighted by molar-refractivity contribution is -0.155. The quantitative estimate of drug-likeness (QED) is 0.407. The topological polar surface area (TPSA) is 74.1 Å². The van der Waals surface area contributed by atoms with Crippen LogP contribution < -0.4 is 0 Å². The molecule has 0 N–H and O–H groups in total. The van der Waals surface area contributed by atoms with Gasteiger partial charge in [-0.15, -0.1) is 0 Å². The smallest absolute Gasteiger partial charge is 0.433 e. The Morgan fingerprint density at radius 1 is 1.16 bits per heavy atom. The van der Waals surface area contributed by atoms with Crippen LogP contribution in [0.25, 0.3) is 10.9 Å². The molecule has 3 aromatic rings. The van der Waals surface area contributed by atoms with Crippen molar-refractivity contribution >= 4 is 34.3 Å². The van der Waals surface area contributed by atoms with E-state index in [4.69, 9.17) is 16.3 Å². The number of fused-ring (bicyclic) bond motifs is 1. The predicted octanol–water partition coefficient (Wildman–Crippen LogP) is 4.87. The molecule has 0 atom stereocenters. The molecule has 0 amide bonds. The van der Waals surface area contributed by atoms with Gasteiger partial charge in [-0.2, -0.15) is 18.3 Å². The molecule has 0 unspecified atom stereocenters. The molecule has 0 bridgehead atoms. The van der Waals surface area contributed by atoms with E-state index in [1.54, 1.807) is 33.0 Å². The van der Waals surface area contributed by atoms with Crippen molar-refractivity contribution in [1.29, 1.82) is 0 Å². The second kappa shape index (κ2) is 8.30. The Morgan fingerprint density at radius 3 is 2.52 bits per heavy atom. The van der Waals surface area contributed by atoms with Gasteiger partial charge in [0, 0.05) is 23.0 Å². The van der Waals surface area contributed by atoms with Crippen molar-refractivity contribution in [3.05, 3.63) is 58.5 Å². The third-order valence-corrected chi connectivity index (χ3v) is 4.46. The highest BCUT2D eigenvalue weighted by Gasteiger charge is 2.33. The van der Waals surface area contributed by atoms with E-state index < -0.39 is 29.2 Å². The van der Waals surface area contributed by atoms with Crippen LogP contribution in [-0.2, 0) is 28.7 Å². The highest BCUT2D eigenvalue weighted by Crippen LogP contribution is 2.28. The first-order chi connectivity index (χ1) is 14.3. The summed E-state index contributed by atoms with van der Waals surface area (Å²) in [5.41, 5.74) is -1.15. The molecule has 164 valence electrons. The third kappa shape index (κ3) is 5.81. The Bertz CT molecular complexity index is 1150. The Balaban J connectivity index is 1.81. The lowest BCUT2D eigenvalue weighted by Crippen LogP contribution is -2.26. The van der Waals surface area contributed by atoms with Crippen molar-refractivity contribution in [2.45, 2.75) is 45.5 Å². The molecule has 0 fully saturated rings. The maximum absolute atomic E-state index is 12.8. The number of rotatable bonds is 5. The molecule has 6 nitrogen and oxygen atoms in total. The fourth-order valence-corrected chi connectivity index (χ4v) is 3.10. The summed E-state index contributed by atoms with van der Waals surface area (Å²) in [7, 11) is 0. The zero-order chi connectivity index (χ0) is 23.0. The van der Waals surface area contributed by atoms with Crippen molar-refractivity contribution in [3.63, 3.8) is 0 Å². The minimum atomic E-state index is -4.64. The number of ketones is 1. The van der Waals surface area contributed by atoms with E-state index in [9.17, 15) is 22.8 Å². The molecule has 0 spiro atoms. The standard InChI is InChI=1S/C21H19ClF3N3O3/c1-20(2,3)31-19(30)11-28-10-13-7-12(14(22)9-16(13)27-28)8-17(29)15-5-4-6-18(26-15)21(23,24)25/h4-7,9-10H,8,11H2,1-3H3. The van der Waals surface area contributed by atoms with Crippen LogP contribution >= 0.6 is 11.6 Å². The van der Waals surface area contributed by atoms with Crippen molar-refractivity contribution in [3.8, 4) is 0 Å². The lowest BCUT2D eigenvalue weighted by atomic mass is 10.0. The SMILES string of the molecule is CC(C)(C)OC(=O)Cn1cc2cc(CC(=O)c3cccc(C(F)(F)F)n3)c(Cl)cc2n1. The molecule has 10 heteroatoms.